The molecule has 2 N–H and O–H groups in total. The summed E-state index contributed by atoms with van der Waals surface area (Å²) in [5.74, 6) is -0.601. The number of ether oxygens (including phenoxy) is 1. The molecule has 0 heterocycles. The Labute approximate surface area is 217 Å². The molecule has 3 atom stereocenters. The number of thiol groups is 1. The van der Waals surface area contributed by atoms with Crippen LogP contribution < -0.4 is 10.6 Å². The first kappa shape index (κ1) is 30.8. The molecule has 1 aromatic carbocycles. The molecule has 0 bridgehead atoms. The number of hydrogen-bond acceptors (Lipinski definition) is 5. The summed E-state index contributed by atoms with van der Waals surface area (Å²) in [4.78, 5) is 41.7. The fourth-order valence-corrected chi connectivity index (χ4v) is 4.25. The summed E-state index contributed by atoms with van der Waals surface area (Å²) in [6.07, 6.45) is 1.05. The third-order valence-corrected chi connectivity index (χ3v) is 5.83. The third kappa shape index (κ3) is 9.39. The molecule has 0 radical (unpaired) electrons. The van der Waals surface area contributed by atoms with Gasteiger partial charge in [-0.05, 0) is 79.9 Å². The van der Waals surface area contributed by atoms with Gasteiger partial charge in [0.05, 0.1) is 0 Å². The van der Waals surface area contributed by atoms with Crippen molar-refractivity contribution >= 4 is 30.5 Å². The zero-order valence-corrected chi connectivity index (χ0v) is 24.0. The van der Waals surface area contributed by atoms with Crippen LogP contribution in [-0.2, 0) is 14.3 Å². The maximum Gasteiger partial charge on any atom is 0.408 e. The number of carbonyl (C=O) groups excluding carboxylic acids is 3. The van der Waals surface area contributed by atoms with Crippen molar-refractivity contribution in [3.05, 3.63) is 34.9 Å². The molecule has 0 aliphatic carbocycles. The predicted octanol–water partition coefficient (Wildman–Crippen LogP) is 5.10. The Bertz CT molecular complexity index is 889. The molecule has 0 fully saturated rings. The Hall–Kier alpha value is -2.22. The van der Waals surface area contributed by atoms with Crippen LogP contribution in [-0.4, -0.2) is 51.8 Å². The van der Waals surface area contributed by atoms with Crippen LogP contribution in [0.1, 0.15) is 91.0 Å². The van der Waals surface area contributed by atoms with Crippen LogP contribution in [0.2, 0.25) is 0 Å². The van der Waals surface area contributed by atoms with Crippen molar-refractivity contribution in [1.29, 1.82) is 0 Å². The molecule has 0 saturated carbocycles. The highest BCUT2D eigenvalue weighted by Gasteiger charge is 2.42. The maximum absolute atomic E-state index is 14.0. The van der Waals surface area contributed by atoms with Gasteiger partial charge in [-0.15, -0.1) is 0 Å². The molecular weight excluding hydrogens is 462 g/mol. The van der Waals surface area contributed by atoms with Gasteiger partial charge < -0.3 is 20.3 Å². The van der Waals surface area contributed by atoms with Crippen molar-refractivity contribution in [3.8, 4) is 0 Å². The van der Waals surface area contributed by atoms with E-state index in [-0.39, 0.29) is 17.7 Å². The van der Waals surface area contributed by atoms with Gasteiger partial charge in [0.2, 0.25) is 11.8 Å². The van der Waals surface area contributed by atoms with Crippen LogP contribution in [0.4, 0.5) is 4.79 Å². The van der Waals surface area contributed by atoms with Gasteiger partial charge >= 0.3 is 6.09 Å². The first-order chi connectivity index (χ1) is 16.0. The van der Waals surface area contributed by atoms with Crippen LogP contribution in [0.5, 0.6) is 0 Å². The predicted molar refractivity (Wildman–Crippen MR) is 145 cm³/mol. The molecule has 3 unspecified atom stereocenters. The fraction of sp³-hybridized carbons (Fsp3) is 0.667. The van der Waals surface area contributed by atoms with Crippen molar-refractivity contribution < 1.29 is 19.1 Å². The fourth-order valence-electron chi connectivity index (χ4n) is 4.01. The Morgan fingerprint density at radius 1 is 1.06 bits per heavy atom. The average molecular weight is 508 g/mol. The smallest absolute Gasteiger partial charge is 0.408 e. The van der Waals surface area contributed by atoms with Crippen molar-refractivity contribution in [3.63, 3.8) is 0 Å². The van der Waals surface area contributed by atoms with Gasteiger partial charge in [0.15, 0.2) is 0 Å². The van der Waals surface area contributed by atoms with E-state index < -0.39 is 35.2 Å². The lowest BCUT2D eigenvalue weighted by Gasteiger charge is -2.43. The number of aryl methyl sites for hydroxylation is 2. The molecule has 0 saturated heterocycles. The lowest BCUT2D eigenvalue weighted by molar-refractivity contribution is -0.148. The second-order valence-electron chi connectivity index (χ2n) is 11.2. The minimum Gasteiger partial charge on any atom is -0.444 e. The number of alkyl carbamates (subject to hydrolysis) is 1. The molecule has 7 nitrogen and oxygen atoms in total. The number of hydrogen-bond donors (Lipinski definition) is 3. The molecule has 0 aromatic heterocycles. The van der Waals surface area contributed by atoms with E-state index in [1.165, 1.54) is 0 Å². The molecule has 1 rings (SSSR count). The van der Waals surface area contributed by atoms with E-state index in [1.807, 2.05) is 59.7 Å². The molecule has 198 valence electrons. The van der Waals surface area contributed by atoms with Gasteiger partial charge in [-0.3, -0.25) is 9.59 Å². The largest absolute Gasteiger partial charge is 0.444 e. The molecule has 0 spiro atoms. The Morgan fingerprint density at radius 2 is 1.66 bits per heavy atom. The van der Waals surface area contributed by atoms with Crippen molar-refractivity contribution in [2.45, 2.75) is 111 Å². The molecule has 8 heteroatoms. The van der Waals surface area contributed by atoms with Gasteiger partial charge in [-0.2, -0.15) is 12.6 Å². The number of nitrogens with one attached hydrogen (secondary N) is 2. The van der Waals surface area contributed by atoms with Gasteiger partial charge in [0.25, 0.3) is 0 Å². The summed E-state index contributed by atoms with van der Waals surface area (Å²) >= 11 is 4.34. The quantitative estimate of drug-likeness (QED) is 0.406. The van der Waals surface area contributed by atoms with Crippen LogP contribution in [0.25, 0.3) is 0 Å². The Morgan fingerprint density at radius 3 is 2.11 bits per heavy atom. The van der Waals surface area contributed by atoms with Crippen LogP contribution in [0.15, 0.2) is 18.2 Å². The molecule has 0 aliphatic heterocycles. The van der Waals surface area contributed by atoms with E-state index in [1.54, 1.807) is 25.7 Å². The van der Waals surface area contributed by atoms with E-state index in [0.717, 1.165) is 29.5 Å². The van der Waals surface area contributed by atoms with Gasteiger partial charge in [0, 0.05) is 17.3 Å². The Balaban J connectivity index is 3.54. The number of carbonyl (C=O) groups is 3. The summed E-state index contributed by atoms with van der Waals surface area (Å²) in [6.45, 7) is 18.9. The monoisotopic (exact) mass is 507 g/mol. The highest BCUT2D eigenvalue weighted by Crippen LogP contribution is 2.32. The summed E-state index contributed by atoms with van der Waals surface area (Å²) in [5, 5.41) is 5.74. The number of benzene rings is 1. The van der Waals surface area contributed by atoms with E-state index in [9.17, 15) is 14.4 Å². The minimum absolute atomic E-state index is 0.0433. The topological polar surface area (TPSA) is 87.7 Å². The van der Waals surface area contributed by atoms with E-state index in [4.69, 9.17) is 4.74 Å². The van der Waals surface area contributed by atoms with Gasteiger partial charge in [0.1, 0.15) is 17.7 Å². The number of nitrogens with zero attached hydrogens (tertiary/aromatic N) is 1. The summed E-state index contributed by atoms with van der Waals surface area (Å²) < 4.78 is 5.36. The third-order valence-electron chi connectivity index (χ3n) is 5.47. The normalized spacial score (nSPS) is 14.5. The first-order valence-corrected chi connectivity index (χ1v) is 13.0. The van der Waals surface area contributed by atoms with Gasteiger partial charge in [-0.25, -0.2) is 4.79 Å². The second kappa shape index (κ2) is 12.7. The highest BCUT2D eigenvalue weighted by molar-refractivity contribution is 7.80. The summed E-state index contributed by atoms with van der Waals surface area (Å²) in [6, 6.07) is 3.96. The number of amides is 3. The van der Waals surface area contributed by atoms with Gasteiger partial charge in [-0.1, -0.05) is 37.1 Å². The van der Waals surface area contributed by atoms with Crippen molar-refractivity contribution in [1.82, 2.24) is 15.5 Å². The second-order valence-corrected chi connectivity index (χ2v) is 11.6. The van der Waals surface area contributed by atoms with Crippen molar-refractivity contribution in [2.24, 2.45) is 0 Å². The molecule has 1 aromatic rings. The lowest BCUT2D eigenvalue weighted by Crippen LogP contribution is -2.59. The summed E-state index contributed by atoms with van der Waals surface area (Å²) in [5.41, 5.74) is 1.28. The SMILES string of the molecule is CCCC(C)NC(=O)C(c1ccc(C)cc1C)N(C(=O)C(CS)NC(=O)OC(C)(C)C)C(C)(C)C. The van der Waals surface area contributed by atoms with E-state index in [2.05, 4.69) is 30.2 Å². The van der Waals surface area contributed by atoms with Crippen molar-refractivity contribution in [2.75, 3.05) is 5.75 Å². The van der Waals surface area contributed by atoms with Crippen LogP contribution in [0.3, 0.4) is 0 Å². The summed E-state index contributed by atoms with van der Waals surface area (Å²) in [7, 11) is 0. The zero-order valence-electron chi connectivity index (χ0n) is 23.1. The Kier molecular flexibility index (Phi) is 11.1. The van der Waals surface area contributed by atoms with E-state index >= 15 is 0 Å². The maximum atomic E-state index is 14.0. The minimum atomic E-state index is -0.971. The highest BCUT2D eigenvalue weighted by atomic mass is 32.1. The van der Waals surface area contributed by atoms with Crippen LogP contribution >= 0.6 is 12.6 Å². The van der Waals surface area contributed by atoms with Crippen LogP contribution in [0, 0.1) is 13.8 Å². The molecule has 3 amide bonds. The standard InChI is InChI=1S/C27H45N3O4S/c1-11-12-19(4)28-23(31)22(20-14-13-17(2)15-18(20)3)30(26(5,6)7)24(32)21(16-35)29-25(33)34-27(8,9)10/h13-15,19,21-22,35H,11-12,16H2,1-10H3,(H,28,31)(H,29,33). The zero-order chi connectivity index (χ0) is 27.1. The lowest BCUT2D eigenvalue weighted by atomic mass is 9.92. The number of rotatable bonds is 9. The average Bonchev–Trinajstić information content (AvgIpc) is 2.68. The van der Waals surface area contributed by atoms with E-state index in [0.29, 0.717) is 0 Å². The first-order valence-electron chi connectivity index (χ1n) is 12.3. The molecule has 35 heavy (non-hydrogen) atoms. The molecular formula is C27H45N3O4S. The molecule has 0 aliphatic rings.